The van der Waals surface area contributed by atoms with Crippen LogP contribution in [0.2, 0.25) is 0 Å². The van der Waals surface area contributed by atoms with Gasteiger partial charge in [-0.05, 0) is 119 Å². The standard InChI is InChI=1S/C44H26O/c1-3-9-36-27(7-1)13-18-34-23-31(19-20-38(34)36)29-14-15-30-22-32(17-16-28(30)21-29)35-24-40-37-10-4-2-8-33(37)26-43-44(40)41(25-35)39-11-5-6-12-42(39)45-43/h1-26H. The average molecular weight is 571 g/mol. The first-order chi connectivity index (χ1) is 22.3. The third-order valence-corrected chi connectivity index (χ3v) is 9.57. The van der Waals surface area contributed by atoms with Crippen molar-refractivity contribution in [3.8, 4) is 44.9 Å². The van der Waals surface area contributed by atoms with Gasteiger partial charge in [0.05, 0.1) is 0 Å². The second-order valence-electron chi connectivity index (χ2n) is 12.1. The molecule has 9 aromatic carbocycles. The summed E-state index contributed by atoms with van der Waals surface area (Å²) in [7, 11) is 0. The maximum absolute atomic E-state index is 6.45. The second-order valence-corrected chi connectivity index (χ2v) is 12.1. The van der Waals surface area contributed by atoms with Crippen LogP contribution in [0.25, 0.3) is 87.2 Å². The van der Waals surface area contributed by atoms with Crippen molar-refractivity contribution in [2.75, 3.05) is 0 Å². The maximum atomic E-state index is 6.45. The molecule has 1 nitrogen and oxygen atoms in total. The molecule has 0 fully saturated rings. The van der Waals surface area contributed by atoms with E-state index in [4.69, 9.17) is 4.74 Å². The molecular weight excluding hydrogens is 544 g/mol. The Bertz CT molecular complexity index is 2680. The van der Waals surface area contributed by atoms with Crippen LogP contribution >= 0.6 is 0 Å². The molecule has 0 aliphatic carbocycles. The van der Waals surface area contributed by atoms with Crippen molar-refractivity contribution in [2.45, 2.75) is 0 Å². The number of hydrogen-bond donors (Lipinski definition) is 0. The largest absolute Gasteiger partial charge is 0.456 e. The van der Waals surface area contributed by atoms with Crippen LogP contribution in [-0.2, 0) is 0 Å². The van der Waals surface area contributed by atoms with Gasteiger partial charge in [-0.2, -0.15) is 0 Å². The van der Waals surface area contributed by atoms with Gasteiger partial charge in [0.25, 0.3) is 0 Å². The van der Waals surface area contributed by atoms with Gasteiger partial charge in [-0.1, -0.05) is 115 Å². The van der Waals surface area contributed by atoms with Crippen molar-refractivity contribution in [3.05, 3.63) is 158 Å². The minimum absolute atomic E-state index is 0.909. The molecule has 0 spiro atoms. The summed E-state index contributed by atoms with van der Waals surface area (Å²) < 4.78 is 6.45. The van der Waals surface area contributed by atoms with E-state index >= 15 is 0 Å². The highest BCUT2D eigenvalue weighted by Gasteiger charge is 2.22. The van der Waals surface area contributed by atoms with Gasteiger partial charge in [0.2, 0.25) is 0 Å². The average Bonchev–Trinajstić information content (AvgIpc) is 3.10. The fourth-order valence-corrected chi connectivity index (χ4v) is 7.36. The normalized spacial score (nSPS) is 12.2. The van der Waals surface area contributed by atoms with Crippen molar-refractivity contribution in [2.24, 2.45) is 0 Å². The van der Waals surface area contributed by atoms with Crippen molar-refractivity contribution < 1.29 is 4.74 Å². The Hall–Kier alpha value is -5.92. The monoisotopic (exact) mass is 570 g/mol. The summed E-state index contributed by atoms with van der Waals surface area (Å²) >= 11 is 0. The summed E-state index contributed by atoms with van der Waals surface area (Å²) in [5.74, 6) is 1.84. The van der Waals surface area contributed by atoms with Crippen LogP contribution in [0.15, 0.2) is 158 Å². The lowest BCUT2D eigenvalue weighted by molar-refractivity contribution is 0.487. The van der Waals surface area contributed by atoms with E-state index in [9.17, 15) is 0 Å². The van der Waals surface area contributed by atoms with Crippen LogP contribution < -0.4 is 4.74 Å². The van der Waals surface area contributed by atoms with E-state index in [-0.39, 0.29) is 0 Å². The Morgan fingerprint density at radius 3 is 1.67 bits per heavy atom. The fraction of sp³-hybridized carbons (Fsp3) is 0. The quantitative estimate of drug-likeness (QED) is 0.188. The van der Waals surface area contributed by atoms with E-state index in [1.165, 1.54) is 81.7 Å². The molecule has 208 valence electrons. The van der Waals surface area contributed by atoms with Crippen LogP contribution in [0.1, 0.15) is 0 Å². The van der Waals surface area contributed by atoms with Gasteiger partial charge >= 0.3 is 0 Å². The van der Waals surface area contributed by atoms with Crippen LogP contribution in [0.3, 0.4) is 0 Å². The molecule has 9 aromatic rings. The van der Waals surface area contributed by atoms with Crippen LogP contribution in [0.5, 0.6) is 11.5 Å². The smallest absolute Gasteiger partial charge is 0.136 e. The summed E-state index contributed by atoms with van der Waals surface area (Å²) in [6, 6.07) is 57.5. The summed E-state index contributed by atoms with van der Waals surface area (Å²) in [5.41, 5.74) is 7.26. The minimum Gasteiger partial charge on any atom is -0.456 e. The zero-order chi connectivity index (χ0) is 29.5. The van der Waals surface area contributed by atoms with Crippen LogP contribution in [0, 0.1) is 0 Å². The van der Waals surface area contributed by atoms with Crippen LogP contribution in [-0.4, -0.2) is 0 Å². The first kappa shape index (κ1) is 24.5. The van der Waals surface area contributed by atoms with Crippen molar-refractivity contribution in [1.82, 2.24) is 0 Å². The topological polar surface area (TPSA) is 9.23 Å². The Morgan fingerprint density at radius 2 is 0.844 bits per heavy atom. The van der Waals surface area contributed by atoms with E-state index in [1.807, 2.05) is 6.07 Å². The molecule has 0 aromatic heterocycles. The number of para-hydroxylation sites is 1. The van der Waals surface area contributed by atoms with Gasteiger partial charge in [0.1, 0.15) is 11.5 Å². The SMILES string of the molecule is c1ccc2c(c1)Oc1cc3ccccc3c3cc(-c4ccc5cc(-c6ccc7c(ccc8ccccc87)c6)ccc5c4)cc-2c13. The van der Waals surface area contributed by atoms with Crippen molar-refractivity contribution in [3.63, 3.8) is 0 Å². The molecule has 10 rings (SSSR count). The number of hydrogen-bond acceptors (Lipinski definition) is 1. The molecule has 1 heteroatoms. The fourth-order valence-electron chi connectivity index (χ4n) is 7.36. The molecule has 45 heavy (non-hydrogen) atoms. The molecule has 1 aliphatic rings. The van der Waals surface area contributed by atoms with E-state index in [2.05, 4.69) is 152 Å². The van der Waals surface area contributed by atoms with Gasteiger partial charge in [0.15, 0.2) is 0 Å². The first-order valence-electron chi connectivity index (χ1n) is 15.5. The summed E-state index contributed by atoms with van der Waals surface area (Å²) in [4.78, 5) is 0. The Morgan fingerprint density at radius 1 is 0.289 bits per heavy atom. The second kappa shape index (κ2) is 9.29. The molecule has 0 atom stereocenters. The van der Waals surface area contributed by atoms with Gasteiger partial charge in [-0.25, -0.2) is 0 Å². The Labute approximate surface area is 260 Å². The molecule has 0 radical (unpaired) electrons. The molecule has 0 N–H and O–H groups in total. The zero-order valence-corrected chi connectivity index (χ0v) is 24.4. The third kappa shape index (κ3) is 3.74. The van der Waals surface area contributed by atoms with Gasteiger partial charge in [-0.15, -0.1) is 0 Å². The van der Waals surface area contributed by atoms with E-state index in [1.54, 1.807) is 0 Å². The lowest BCUT2D eigenvalue weighted by Gasteiger charge is -2.23. The molecule has 0 bridgehead atoms. The third-order valence-electron chi connectivity index (χ3n) is 9.57. The zero-order valence-electron chi connectivity index (χ0n) is 24.4. The summed E-state index contributed by atoms with van der Waals surface area (Å²) in [6.45, 7) is 0. The number of fused-ring (bicyclic) bond motifs is 8. The predicted molar refractivity (Wildman–Crippen MR) is 190 cm³/mol. The van der Waals surface area contributed by atoms with E-state index < -0.39 is 0 Å². The predicted octanol–water partition coefficient (Wildman–Crippen LogP) is 12.6. The Balaban J connectivity index is 1.11. The highest BCUT2D eigenvalue weighted by atomic mass is 16.5. The maximum Gasteiger partial charge on any atom is 0.136 e. The van der Waals surface area contributed by atoms with Gasteiger partial charge in [-0.3, -0.25) is 0 Å². The highest BCUT2D eigenvalue weighted by molar-refractivity contribution is 6.18. The highest BCUT2D eigenvalue weighted by Crippen LogP contribution is 2.50. The summed E-state index contributed by atoms with van der Waals surface area (Å²) in [5, 5.41) is 12.5. The molecule has 0 unspecified atom stereocenters. The lowest BCUT2D eigenvalue weighted by atomic mass is 9.88. The molecule has 1 aliphatic heterocycles. The molecule has 0 saturated carbocycles. The number of rotatable bonds is 2. The van der Waals surface area contributed by atoms with Crippen molar-refractivity contribution in [1.29, 1.82) is 0 Å². The van der Waals surface area contributed by atoms with Gasteiger partial charge < -0.3 is 4.74 Å². The van der Waals surface area contributed by atoms with Gasteiger partial charge in [0, 0.05) is 10.9 Å². The minimum atomic E-state index is 0.909. The Kier molecular flexibility index (Phi) is 5.06. The number of ether oxygens (including phenoxy) is 1. The lowest BCUT2D eigenvalue weighted by Crippen LogP contribution is -1.98. The molecular formula is C44H26O. The van der Waals surface area contributed by atoms with Crippen molar-refractivity contribution >= 4 is 53.9 Å². The van der Waals surface area contributed by atoms with E-state index in [0.717, 1.165) is 17.1 Å². The van der Waals surface area contributed by atoms with E-state index in [0.29, 0.717) is 0 Å². The number of benzene rings is 9. The summed E-state index contributed by atoms with van der Waals surface area (Å²) in [6.07, 6.45) is 0. The molecule has 1 heterocycles. The molecule has 0 saturated heterocycles. The first-order valence-corrected chi connectivity index (χ1v) is 15.5. The van der Waals surface area contributed by atoms with Crippen LogP contribution in [0.4, 0.5) is 0 Å². The molecule has 0 amide bonds.